The Morgan fingerprint density at radius 3 is 2.48 bits per heavy atom. The SMILES string of the molecule is CC[C@H](C)CC(=O)NS(=O)(=O)c1ccc(-c2coc(C)n2)cc1. The number of oxazole rings is 1. The second-order valence-electron chi connectivity index (χ2n) is 5.52. The van der Waals surface area contributed by atoms with E-state index in [1.807, 2.05) is 13.8 Å². The molecule has 0 unspecified atom stereocenters. The van der Waals surface area contributed by atoms with E-state index in [0.29, 0.717) is 11.6 Å². The average Bonchev–Trinajstić information content (AvgIpc) is 2.93. The normalized spacial score (nSPS) is 12.8. The Bertz CT molecular complexity index is 779. The largest absolute Gasteiger partial charge is 0.449 e. The average molecular weight is 336 g/mol. The van der Waals surface area contributed by atoms with Crippen LogP contribution in [0.4, 0.5) is 0 Å². The lowest BCUT2D eigenvalue weighted by Crippen LogP contribution is -2.31. The second kappa shape index (κ2) is 6.95. The van der Waals surface area contributed by atoms with Gasteiger partial charge in [-0.3, -0.25) is 4.79 Å². The van der Waals surface area contributed by atoms with Crippen LogP contribution in [-0.4, -0.2) is 19.3 Å². The number of aryl methyl sites for hydroxylation is 1. The van der Waals surface area contributed by atoms with E-state index >= 15 is 0 Å². The van der Waals surface area contributed by atoms with Crippen molar-refractivity contribution in [1.82, 2.24) is 9.71 Å². The van der Waals surface area contributed by atoms with E-state index in [2.05, 4.69) is 9.71 Å². The van der Waals surface area contributed by atoms with Crippen LogP contribution in [0.5, 0.6) is 0 Å². The Labute approximate surface area is 136 Å². The number of hydrogen-bond acceptors (Lipinski definition) is 5. The van der Waals surface area contributed by atoms with Crippen LogP contribution in [0.2, 0.25) is 0 Å². The highest BCUT2D eigenvalue weighted by Crippen LogP contribution is 2.20. The maximum Gasteiger partial charge on any atom is 0.264 e. The summed E-state index contributed by atoms with van der Waals surface area (Å²) in [5, 5.41) is 0. The summed E-state index contributed by atoms with van der Waals surface area (Å²) < 4.78 is 31.6. The molecular weight excluding hydrogens is 316 g/mol. The first-order valence-corrected chi connectivity index (χ1v) is 8.88. The highest BCUT2D eigenvalue weighted by molar-refractivity contribution is 7.90. The molecule has 0 spiro atoms. The summed E-state index contributed by atoms with van der Waals surface area (Å²) >= 11 is 0. The van der Waals surface area contributed by atoms with E-state index in [9.17, 15) is 13.2 Å². The smallest absolute Gasteiger partial charge is 0.264 e. The minimum Gasteiger partial charge on any atom is -0.449 e. The van der Waals surface area contributed by atoms with Gasteiger partial charge in [-0.25, -0.2) is 18.1 Å². The molecule has 0 fully saturated rings. The summed E-state index contributed by atoms with van der Waals surface area (Å²) in [5.74, 6) is 0.188. The minimum atomic E-state index is -3.85. The molecule has 0 saturated heterocycles. The first kappa shape index (κ1) is 17.2. The fourth-order valence-corrected chi connectivity index (χ4v) is 3.01. The molecule has 1 heterocycles. The number of aromatic nitrogens is 1. The number of carbonyl (C=O) groups is 1. The molecule has 2 aromatic rings. The summed E-state index contributed by atoms with van der Waals surface area (Å²) in [7, 11) is -3.85. The summed E-state index contributed by atoms with van der Waals surface area (Å²) in [6, 6.07) is 6.15. The molecule has 0 aliphatic heterocycles. The van der Waals surface area contributed by atoms with Crippen LogP contribution >= 0.6 is 0 Å². The van der Waals surface area contributed by atoms with Crippen molar-refractivity contribution >= 4 is 15.9 Å². The van der Waals surface area contributed by atoms with Crippen LogP contribution in [0.1, 0.15) is 32.6 Å². The lowest BCUT2D eigenvalue weighted by Gasteiger charge is -2.10. The summed E-state index contributed by atoms with van der Waals surface area (Å²) in [4.78, 5) is 16.0. The van der Waals surface area contributed by atoms with Gasteiger partial charge < -0.3 is 4.42 Å². The standard InChI is InChI=1S/C16H20N2O4S/c1-4-11(2)9-16(19)18-23(20,21)14-7-5-13(6-8-14)15-10-22-12(3)17-15/h5-8,10-11H,4,9H2,1-3H3,(H,18,19)/t11-/m0/s1. The van der Waals surface area contributed by atoms with Gasteiger partial charge in [-0.2, -0.15) is 0 Å². The third kappa shape index (κ3) is 4.41. The maximum atomic E-state index is 12.2. The van der Waals surface area contributed by atoms with E-state index in [0.717, 1.165) is 12.0 Å². The third-order valence-electron chi connectivity index (χ3n) is 3.56. The van der Waals surface area contributed by atoms with Gasteiger partial charge in [0.05, 0.1) is 4.90 Å². The van der Waals surface area contributed by atoms with Gasteiger partial charge in [-0.15, -0.1) is 0 Å². The van der Waals surface area contributed by atoms with Gasteiger partial charge >= 0.3 is 0 Å². The molecule has 0 saturated carbocycles. The molecule has 7 heteroatoms. The first-order valence-electron chi connectivity index (χ1n) is 7.40. The fourth-order valence-electron chi connectivity index (χ4n) is 2.01. The zero-order chi connectivity index (χ0) is 17.0. The zero-order valence-electron chi connectivity index (χ0n) is 13.4. The molecule has 2 rings (SSSR count). The van der Waals surface area contributed by atoms with Crippen LogP contribution in [-0.2, 0) is 14.8 Å². The van der Waals surface area contributed by atoms with Crippen LogP contribution in [0.25, 0.3) is 11.3 Å². The number of amides is 1. The van der Waals surface area contributed by atoms with Crippen molar-refractivity contribution in [3.8, 4) is 11.3 Å². The predicted octanol–water partition coefficient (Wildman–Crippen LogP) is 2.89. The molecule has 0 radical (unpaired) electrons. The molecule has 23 heavy (non-hydrogen) atoms. The van der Waals surface area contributed by atoms with Gasteiger partial charge in [0.15, 0.2) is 5.89 Å². The maximum absolute atomic E-state index is 12.2. The number of hydrogen-bond donors (Lipinski definition) is 1. The summed E-state index contributed by atoms with van der Waals surface area (Å²) in [6.07, 6.45) is 2.51. The van der Waals surface area contributed by atoms with Crippen LogP contribution in [0.15, 0.2) is 39.8 Å². The number of nitrogens with one attached hydrogen (secondary N) is 1. The molecule has 1 atom stereocenters. The monoisotopic (exact) mass is 336 g/mol. The van der Waals surface area contributed by atoms with Crippen molar-refractivity contribution in [1.29, 1.82) is 0 Å². The number of benzene rings is 1. The van der Waals surface area contributed by atoms with Gasteiger partial charge in [0, 0.05) is 18.9 Å². The van der Waals surface area contributed by atoms with E-state index in [4.69, 9.17) is 4.42 Å². The van der Waals surface area contributed by atoms with E-state index in [-0.39, 0.29) is 17.2 Å². The molecule has 1 aromatic heterocycles. The summed E-state index contributed by atoms with van der Waals surface area (Å²) in [5.41, 5.74) is 1.37. The molecule has 1 aromatic carbocycles. The van der Waals surface area contributed by atoms with Gasteiger partial charge in [0.2, 0.25) is 5.91 Å². The number of nitrogens with zero attached hydrogens (tertiary/aromatic N) is 1. The first-order chi connectivity index (χ1) is 10.8. The Kier molecular flexibility index (Phi) is 5.20. The van der Waals surface area contributed by atoms with Crippen molar-refractivity contribution in [3.05, 3.63) is 36.4 Å². The second-order valence-corrected chi connectivity index (χ2v) is 7.20. The number of carbonyl (C=O) groups excluding carboxylic acids is 1. The highest BCUT2D eigenvalue weighted by Gasteiger charge is 2.19. The molecule has 0 aliphatic rings. The Morgan fingerprint density at radius 1 is 1.30 bits per heavy atom. The Balaban J connectivity index is 2.13. The molecule has 124 valence electrons. The zero-order valence-corrected chi connectivity index (χ0v) is 14.2. The Morgan fingerprint density at radius 2 is 1.96 bits per heavy atom. The topological polar surface area (TPSA) is 89.3 Å². The third-order valence-corrected chi connectivity index (χ3v) is 4.95. The van der Waals surface area contributed by atoms with Crippen LogP contribution in [0, 0.1) is 12.8 Å². The van der Waals surface area contributed by atoms with Crippen LogP contribution < -0.4 is 4.72 Å². The van der Waals surface area contributed by atoms with Crippen molar-refractivity contribution < 1.29 is 17.6 Å². The van der Waals surface area contributed by atoms with Crippen LogP contribution in [0.3, 0.4) is 0 Å². The number of rotatable bonds is 6. The highest BCUT2D eigenvalue weighted by atomic mass is 32.2. The fraction of sp³-hybridized carbons (Fsp3) is 0.375. The predicted molar refractivity (Wildman–Crippen MR) is 86.1 cm³/mol. The molecule has 1 amide bonds. The van der Waals surface area contributed by atoms with Crippen molar-refractivity contribution in [3.63, 3.8) is 0 Å². The number of sulfonamides is 1. The Hall–Kier alpha value is -2.15. The van der Waals surface area contributed by atoms with E-state index in [1.165, 1.54) is 18.4 Å². The molecule has 6 nitrogen and oxygen atoms in total. The molecule has 0 bridgehead atoms. The van der Waals surface area contributed by atoms with Gasteiger partial charge in [0.1, 0.15) is 12.0 Å². The van der Waals surface area contributed by atoms with Crippen molar-refractivity contribution in [2.45, 2.75) is 38.5 Å². The van der Waals surface area contributed by atoms with Gasteiger partial charge in [0.25, 0.3) is 10.0 Å². The molecule has 0 aliphatic carbocycles. The quantitative estimate of drug-likeness (QED) is 0.876. The van der Waals surface area contributed by atoms with Crippen molar-refractivity contribution in [2.24, 2.45) is 5.92 Å². The van der Waals surface area contributed by atoms with Gasteiger partial charge in [-0.1, -0.05) is 32.4 Å². The lowest BCUT2D eigenvalue weighted by atomic mass is 10.1. The van der Waals surface area contributed by atoms with E-state index < -0.39 is 15.9 Å². The minimum absolute atomic E-state index is 0.0407. The van der Waals surface area contributed by atoms with Crippen molar-refractivity contribution in [2.75, 3.05) is 0 Å². The van der Waals surface area contributed by atoms with Gasteiger partial charge in [-0.05, 0) is 18.1 Å². The molecular formula is C16H20N2O4S. The lowest BCUT2D eigenvalue weighted by molar-refractivity contribution is -0.120. The van der Waals surface area contributed by atoms with E-state index in [1.54, 1.807) is 19.1 Å². The molecule has 1 N–H and O–H groups in total. The summed E-state index contributed by atoms with van der Waals surface area (Å²) in [6.45, 7) is 5.59.